The summed E-state index contributed by atoms with van der Waals surface area (Å²) >= 11 is 0. The first-order valence-electron chi connectivity index (χ1n) is 8.48. The summed E-state index contributed by atoms with van der Waals surface area (Å²) in [6.45, 7) is 12.8. The lowest BCUT2D eigenvalue weighted by atomic mass is 9.89. The van der Waals surface area contributed by atoms with Crippen LogP contribution in [0.4, 0.5) is 0 Å². The van der Waals surface area contributed by atoms with Crippen LogP contribution in [0.2, 0.25) is 0 Å². The van der Waals surface area contributed by atoms with Gasteiger partial charge in [-0.2, -0.15) is 0 Å². The minimum absolute atomic E-state index is 1.04. The molecular weight excluding hydrogens is 266 g/mol. The Hall–Kier alpha value is -1.76. The van der Waals surface area contributed by atoms with E-state index in [0.717, 1.165) is 37.7 Å². The van der Waals surface area contributed by atoms with E-state index in [4.69, 9.17) is 5.73 Å². The van der Waals surface area contributed by atoms with Gasteiger partial charge in [-0.3, -0.25) is 0 Å². The Morgan fingerprint density at radius 1 is 1.14 bits per heavy atom. The summed E-state index contributed by atoms with van der Waals surface area (Å²) < 4.78 is 0. The molecule has 0 fully saturated rings. The molecule has 0 bridgehead atoms. The Bertz CT molecular complexity index is 562. The molecule has 0 amide bonds. The smallest absolute Gasteiger partial charge is 0.00175 e. The van der Waals surface area contributed by atoms with Gasteiger partial charge in [0.15, 0.2) is 0 Å². The number of allylic oxidation sites excluding steroid dienone is 3. The molecule has 1 aromatic carbocycles. The van der Waals surface area contributed by atoms with E-state index in [2.05, 4.69) is 52.5 Å². The predicted octanol–water partition coefficient (Wildman–Crippen LogP) is 5.89. The van der Waals surface area contributed by atoms with Gasteiger partial charge in [-0.05, 0) is 60.1 Å². The van der Waals surface area contributed by atoms with E-state index in [1.165, 1.54) is 27.8 Å². The number of hydrogen-bond acceptors (Lipinski definition) is 1. The first-order chi connectivity index (χ1) is 10.6. The molecule has 0 atom stereocenters. The summed E-state index contributed by atoms with van der Waals surface area (Å²) in [6.07, 6.45) is 11.5. The third-order valence-corrected chi connectivity index (χ3v) is 4.09. The van der Waals surface area contributed by atoms with Gasteiger partial charge in [-0.25, -0.2) is 0 Å². The number of aryl methyl sites for hydroxylation is 1. The van der Waals surface area contributed by atoms with Crippen molar-refractivity contribution in [1.82, 2.24) is 0 Å². The van der Waals surface area contributed by atoms with Crippen molar-refractivity contribution in [1.29, 1.82) is 0 Å². The fourth-order valence-corrected chi connectivity index (χ4v) is 2.75. The van der Waals surface area contributed by atoms with Crippen LogP contribution in [-0.2, 0) is 12.8 Å². The molecule has 1 nitrogen and oxygen atoms in total. The number of benzene rings is 1. The van der Waals surface area contributed by atoms with Crippen LogP contribution in [0.5, 0.6) is 0 Å². The summed E-state index contributed by atoms with van der Waals surface area (Å²) in [5, 5.41) is 0. The molecule has 0 aliphatic rings. The first-order valence-corrected chi connectivity index (χ1v) is 8.48. The molecule has 0 aliphatic heterocycles. The molecule has 1 aromatic rings. The predicted molar refractivity (Wildman–Crippen MR) is 101 cm³/mol. The second kappa shape index (κ2) is 9.30. The Labute approximate surface area is 136 Å². The minimum Gasteiger partial charge on any atom is -0.404 e. The second-order valence-electron chi connectivity index (χ2n) is 5.87. The molecule has 22 heavy (non-hydrogen) atoms. The van der Waals surface area contributed by atoms with Gasteiger partial charge >= 0.3 is 0 Å². The van der Waals surface area contributed by atoms with Crippen LogP contribution >= 0.6 is 0 Å². The molecule has 1 heteroatoms. The van der Waals surface area contributed by atoms with E-state index in [1.807, 2.05) is 6.08 Å². The van der Waals surface area contributed by atoms with Crippen molar-refractivity contribution in [3.63, 3.8) is 0 Å². The number of nitrogens with two attached hydrogens (primary N) is 1. The van der Waals surface area contributed by atoms with Crippen LogP contribution in [0.15, 0.2) is 36.6 Å². The minimum atomic E-state index is 1.04. The Morgan fingerprint density at radius 3 is 2.32 bits per heavy atom. The first kappa shape index (κ1) is 18.3. The quantitative estimate of drug-likeness (QED) is 0.595. The maximum absolute atomic E-state index is 5.89. The fraction of sp³-hybridized carbons (Fsp3) is 0.429. The van der Waals surface area contributed by atoms with Crippen LogP contribution in [0.25, 0.3) is 11.6 Å². The van der Waals surface area contributed by atoms with Crippen LogP contribution in [0.1, 0.15) is 69.2 Å². The summed E-state index contributed by atoms with van der Waals surface area (Å²) in [5.74, 6) is 0. The largest absolute Gasteiger partial charge is 0.404 e. The van der Waals surface area contributed by atoms with Crippen LogP contribution < -0.4 is 5.73 Å². The maximum Gasteiger partial charge on any atom is 0.00175 e. The molecule has 1 rings (SSSR count). The van der Waals surface area contributed by atoms with Gasteiger partial charge in [0, 0.05) is 6.20 Å². The third-order valence-electron chi connectivity index (χ3n) is 4.09. The zero-order chi connectivity index (χ0) is 16.5. The summed E-state index contributed by atoms with van der Waals surface area (Å²) in [5.41, 5.74) is 13.7. The van der Waals surface area contributed by atoms with Crippen molar-refractivity contribution < 1.29 is 0 Å². The zero-order valence-electron chi connectivity index (χ0n) is 14.7. The second-order valence-corrected chi connectivity index (χ2v) is 5.87. The van der Waals surface area contributed by atoms with E-state index < -0.39 is 0 Å². The topological polar surface area (TPSA) is 26.0 Å². The van der Waals surface area contributed by atoms with Crippen molar-refractivity contribution in [3.05, 3.63) is 58.8 Å². The Balaban J connectivity index is 3.43. The van der Waals surface area contributed by atoms with Gasteiger partial charge in [0.2, 0.25) is 0 Å². The lowest BCUT2D eigenvalue weighted by Gasteiger charge is -2.16. The average molecular weight is 297 g/mol. The highest BCUT2D eigenvalue weighted by Gasteiger charge is 2.10. The Kier molecular flexibility index (Phi) is 7.73. The summed E-state index contributed by atoms with van der Waals surface area (Å²) in [6, 6.07) is 4.55. The lowest BCUT2D eigenvalue weighted by Crippen LogP contribution is -2.00. The molecule has 0 aromatic heterocycles. The van der Waals surface area contributed by atoms with Crippen LogP contribution in [0, 0.1) is 0 Å². The highest BCUT2D eigenvalue weighted by Crippen LogP contribution is 2.27. The van der Waals surface area contributed by atoms with E-state index in [9.17, 15) is 0 Å². The van der Waals surface area contributed by atoms with Crippen molar-refractivity contribution in [2.45, 2.75) is 59.8 Å². The standard InChI is InChI=1S/C21H31N/c1-6-10-18-14-19(20(15-22)12-16(5)8-3)13-17(9-4)21(18)11-7-2/h9,12-15H,4,6-8,10-11,22H2,1-3,5H3/b16-12+,20-15+. The highest BCUT2D eigenvalue weighted by atomic mass is 14.5. The monoisotopic (exact) mass is 297 g/mol. The zero-order valence-corrected chi connectivity index (χ0v) is 14.7. The summed E-state index contributed by atoms with van der Waals surface area (Å²) in [4.78, 5) is 0. The van der Waals surface area contributed by atoms with Gasteiger partial charge in [-0.15, -0.1) is 0 Å². The molecule has 0 aliphatic carbocycles. The Morgan fingerprint density at radius 2 is 1.82 bits per heavy atom. The lowest BCUT2D eigenvalue weighted by molar-refractivity contribution is 0.859. The molecule has 0 saturated carbocycles. The van der Waals surface area contributed by atoms with Gasteiger partial charge < -0.3 is 5.73 Å². The molecule has 120 valence electrons. The number of hydrogen-bond donors (Lipinski definition) is 1. The van der Waals surface area contributed by atoms with E-state index in [0.29, 0.717) is 0 Å². The van der Waals surface area contributed by atoms with Gasteiger partial charge in [-0.1, -0.05) is 64.0 Å². The van der Waals surface area contributed by atoms with Crippen LogP contribution in [0.3, 0.4) is 0 Å². The molecule has 0 saturated heterocycles. The van der Waals surface area contributed by atoms with Gasteiger partial charge in [0.1, 0.15) is 0 Å². The molecule has 0 heterocycles. The normalized spacial score (nSPS) is 12.5. The molecule has 2 N–H and O–H groups in total. The molecule has 0 spiro atoms. The SMILES string of the molecule is C=Cc1cc(C(/C=C(\C)CC)=C/N)cc(CCC)c1CCC. The molecule has 0 radical (unpaired) electrons. The number of rotatable bonds is 8. The average Bonchev–Trinajstić information content (AvgIpc) is 2.54. The van der Waals surface area contributed by atoms with E-state index in [1.54, 1.807) is 6.20 Å². The van der Waals surface area contributed by atoms with Crippen molar-refractivity contribution in [2.24, 2.45) is 5.73 Å². The maximum atomic E-state index is 5.89. The third kappa shape index (κ3) is 4.62. The van der Waals surface area contributed by atoms with Crippen molar-refractivity contribution in [2.75, 3.05) is 0 Å². The van der Waals surface area contributed by atoms with Gasteiger partial charge in [0.25, 0.3) is 0 Å². The molecule has 0 unspecified atom stereocenters. The van der Waals surface area contributed by atoms with Crippen molar-refractivity contribution >= 4 is 11.6 Å². The fourth-order valence-electron chi connectivity index (χ4n) is 2.75. The van der Waals surface area contributed by atoms with Crippen LogP contribution in [-0.4, -0.2) is 0 Å². The van der Waals surface area contributed by atoms with Crippen molar-refractivity contribution in [3.8, 4) is 0 Å². The highest BCUT2D eigenvalue weighted by molar-refractivity contribution is 5.77. The van der Waals surface area contributed by atoms with E-state index >= 15 is 0 Å². The van der Waals surface area contributed by atoms with Gasteiger partial charge in [0.05, 0.1) is 0 Å². The van der Waals surface area contributed by atoms with E-state index in [-0.39, 0.29) is 0 Å². The molecular formula is C21H31N. The summed E-state index contributed by atoms with van der Waals surface area (Å²) in [7, 11) is 0.